The Kier molecular flexibility index (Phi) is 3.83. The van der Waals surface area contributed by atoms with Crippen LogP contribution in [-0.4, -0.2) is 23.3 Å². The van der Waals surface area contributed by atoms with Crippen LogP contribution in [0, 0.1) is 0 Å². The molecule has 15 heavy (non-hydrogen) atoms. The van der Waals surface area contributed by atoms with Crippen molar-refractivity contribution in [3.63, 3.8) is 0 Å². The van der Waals surface area contributed by atoms with Crippen molar-refractivity contribution in [2.75, 3.05) is 0 Å². The molecule has 1 rings (SSSR count). The van der Waals surface area contributed by atoms with Gasteiger partial charge in [0.25, 0.3) is 0 Å². The summed E-state index contributed by atoms with van der Waals surface area (Å²) in [6, 6.07) is 0.636. The third-order valence-corrected chi connectivity index (χ3v) is 2.54. The van der Waals surface area contributed by atoms with E-state index >= 15 is 0 Å². The van der Waals surface area contributed by atoms with Gasteiger partial charge in [0.1, 0.15) is 0 Å². The largest absolute Gasteiger partial charge is 0.373 e. The van der Waals surface area contributed by atoms with E-state index < -0.39 is 0 Å². The van der Waals surface area contributed by atoms with E-state index in [1.807, 2.05) is 0 Å². The minimum absolute atomic E-state index is 0.00128. The van der Waals surface area contributed by atoms with Crippen LogP contribution in [0.1, 0.15) is 60.8 Å². The van der Waals surface area contributed by atoms with Crippen molar-refractivity contribution < 1.29 is 4.74 Å². The second-order valence-corrected chi connectivity index (χ2v) is 6.76. The summed E-state index contributed by atoms with van der Waals surface area (Å²) in [4.78, 5) is 0. The molecule has 0 aromatic heterocycles. The summed E-state index contributed by atoms with van der Waals surface area (Å²) in [6.45, 7) is 13.1. The number of ether oxygens (including phenoxy) is 1. The Morgan fingerprint density at radius 1 is 1.00 bits per heavy atom. The molecule has 0 saturated heterocycles. The molecule has 0 amide bonds. The highest BCUT2D eigenvalue weighted by atomic mass is 16.5. The summed E-state index contributed by atoms with van der Waals surface area (Å²) < 4.78 is 6.00. The molecule has 1 N–H and O–H groups in total. The van der Waals surface area contributed by atoms with Gasteiger partial charge in [-0.1, -0.05) is 0 Å². The number of hydrogen-bond acceptors (Lipinski definition) is 2. The molecule has 0 aromatic rings. The van der Waals surface area contributed by atoms with E-state index in [0.717, 1.165) is 6.42 Å². The van der Waals surface area contributed by atoms with Crippen LogP contribution in [0.25, 0.3) is 0 Å². The van der Waals surface area contributed by atoms with Crippen molar-refractivity contribution in [3.05, 3.63) is 0 Å². The van der Waals surface area contributed by atoms with E-state index in [9.17, 15) is 0 Å². The van der Waals surface area contributed by atoms with Gasteiger partial charge in [0.15, 0.2) is 0 Å². The fourth-order valence-corrected chi connectivity index (χ4v) is 2.29. The Hall–Kier alpha value is -0.0800. The maximum Gasteiger partial charge on any atom is 0.0602 e. The molecule has 90 valence electrons. The summed E-state index contributed by atoms with van der Waals surface area (Å²) >= 11 is 0. The monoisotopic (exact) mass is 213 g/mol. The third kappa shape index (κ3) is 5.53. The van der Waals surface area contributed by atoms with Crippen molar-refractivity contribution >= 4 is 0 Å². The topological polar surface area (TPSA) is 21.3 Å². The van der Waals surface area contributed by atoms with E-state index in [2.05, 4.69) is 46.9 Å². The van der Waals surface area contributed by atoms with Crippen molar-refractivity contribution in [2.45, 2.75) is 84.1 Å². The second-order valence-electron chi connectivity index (χ2n) is 6.76. The molecule has 0 unspecified atom stereocenters. The molecular formula is C13H27NO. The van der Waals surface area contributed by atoms with E-state index in [1.54, 1.807) is 0 Å². The molecule has 1 aliphatic carbocycles. The van der Waals surface area contributed by atoms with Crippen molar-refractivity contribution in [2.24, 2.45) is 0 Å². The van der Waals surface area contributed by atoms with Gasteiger partial charge in [0.05, 0.1) is 11.7 Å². The molecule has 0 aliphatic heterocycles. The lowest BCUT2D eigenvalue weighted by Crippen LogP contribution is -2.42. The Morgan fingerprint density at radius 2 is 1.60 bits per heavy atom. The molecule has 0 spiro atoms. The lowest BCUT2D eigenvalue weighted by atomic mass is 10.1. The first-order chi connectivity index (χ1) is 6.66. The SMILES string of the molecule is CC(C)(C)N[C@H]1CC[C@@H](OC(C)(C)C)C1. The van der Waals surface area contributed by atoms with Gasteiger partial charge >= 0.3 is 0 Å². The lowest BCUT2D eigenvalue weighted by molar-refractivity contribution is -0.0568. The van der Waals surface area contributed by atoms with E-state index in [-0.39, 0.29) is 11.1 Å². The normalized spacial score (nSPS) is 28.4. The zero-order valence-electron chi connectivity index (χ0n) is 11.2. The van der Waals surface area contributed by atoms with Gasteiger partial charge in [0, 0.05) is 11.6 Å². The molecule has 0 aromatic carbocycles. The minimum Gasteiger partial charge on any atom is -0.373 e. The number of rotatable bonds is 2. The Bertz CT molecular complexity index is 178. The van der Waals surface area contributed by atoms with Gasteiger partial charge in [-0.2, -0.15) is 0 Å². The van der Waals surface area contributed by atoms with Crippen LogP contribution in [0.2, 0.25) is 0 Å². The molecule has 2 nitrogen and oxygen atoms in total. The second kappa shape index (κ2) is 4.42. The average molecular weight is 213 g/mol. The first-order valence-corrected chi connectivity index (χ1v) is 6.11. The lowest BCUT2D eigenvalue weighted by Gasteiger charge is -2.27. The standard InChI is InChI=1S/C13H27NO/c1-12(2,3)14-10-7-8-11(9-10)15-13(4,5)6/h10-11,14H,7-9H2,1-6H3/t10-,11+/m0/s1. The molecule has 2 heteroatoms. The Labute approximate surface area is 94.8 Å². The van der Waals surface area contributed by atoms with Gasteiger partial charge in [0.2, 0.25) is 0 Å². The molecule has 0 radical (unpaired) electrons. The average Bonchev–Trinajstić information content (AvgIpc) is 2.28. The summed E-state index contributed by atoms with van der Waals surface area (Å²) in [5, 5.41) is 3.65. The molecule has 0 heterocycles. The fraction of sp³-hybridized carbons (Fsp3) is 1.00. The highest BCUT2D eigenvalue weighted by Gasteiger charge is 2.30. The fourth-order valence-electron chi connectivity index (χ4n) is 2.29. The first-order valence-electron chi connectivity index (χ1n) is 6.11. The first kappa shape index (κ1) is 13.0. The Balaban J connectivity index is 2.33. The summed E-state index contributed by atoms with van der Waals surface area (Å²) in [5.41, 5.74) is 0.225. The number of nitrogens with one attached hydrogen (secondary N) is 1. The minimum atomic E-state index is 0.00128. The molecule has 1 aliphatic rings. The zero-order valence-corrected chi connectivity index (χ0v) is 11.2. The van der Waals surface area contributed by atoms with Gasteiger partial charge in [-0.3, -0.25) is 0 Å². The van der Waals surface area contributed by atoms with Gasteiger partial charge in [-0.05, 0) is 60.8 Å². The molecule has 0 bridgehead atoms. The van der Waals surface area contributed by atoms with Crippen molar-refractivity contribution in [3.8, 4) is 0 Å². The molecule has 2 atom stereocenters. The maximum absolute atomic E-state index is 6.00. The molecule has 1 fully saturated rings. The van der Waals surface area contributed by atoms with Gasteiger partial charge in [-0.25, -0.2) is 0 Å². The summed E-state index contributed by atoms with van der Waals surface area (Å²) in [6.07, 6.45) is 4.06. The van der Waals surface area contributed by atoms with Crippen molar-refractivity contribution in [1.29, 1.82) is 0 Å². The molecule has 1 saturated carbocycles. The van der Waals surface area contributed by atoms with Crippen LogP contribution < -0.4 is 5.32 Å². The van der Waals surface area contributed by atoms with Gasteiger partial charge in [-0.15, -0.1) is 0 Å². The summed E-state index contributed by atoms with van der Waals surface area (Å²) in [5.74, 6) is 0. The predicted octanol–water partition coefficient (Wildman–Crippen LogP) is 3.11. The van der Waals surface area contributed by atoms with Crippen LogP contribution in [0.5, 0.6) is 0 Å². The van der Waals surface area contributed by atoms with Gasteiger partial charge < -0.3 is 10.1 Å². The zero-order chi connectivity index (χ0) is 11.7. The highest BCUT2D eigenvalue weighted by Crippen LogP contribution is 2.27. The smallest absolute Gasteiger partial charge is 0.0602 e. The quantitative estimate of drug-likeness (QED) is 0.761. The van der Waals surface area contributed by atoms with E-state index in [1.165, 1.54) is 12.8 Å². The van der Waals surface area contributed by atoms with Crippen LogP contribution in [0.4, 0.5) is 0 Å². The molecular weight excluding hydrogens is 186 g/mol. The van der Waals surface area contributed by atoms with Crippen LogP contribution in [-0.2, 0) is 4.74 Å². The van der Waals surface area contributed by atoms with Crippen LogP contribution in [0.3, 0.4) is 0 Å². The predicted molar refractivity (Wildman–Crippen MR) is 65.2 cm³/mol. The highest BCUT2D eigenvalue weighted by molar-refractivity contribution is 4.87. The van der Waals surface area contributed by atoms with Crippen molar-refractivity contribution in [1.82, 2.24) is 5.32 Å². The summed E-state index contributed by atoms with van der Waals surface area (Å²) in [7, 11) is 0. The maximum atomic E-state index is 6.00. The van der Waals surface area contributed by atoms with Crippen LogP contribution in [0.15, 0.2) is 0 Å². The van der Waals surface area contributed by atoms with Crippen LogP contribution >= 0.6 is 0 Å². The Morgan fingerprint density at radius 3 is 2.07 bits per heavy atom. The van der Waals surface area contributed by atoms with E-state index in [0.29, 0.717) is 12.1 Å². The third-order valence-electron chi connectivity index (χ3n) is 2.54. The number of hydrogen-bond donors (Lipinski definition) is 1. The van der Waals surface area contributed by atoms with E-state index in [4.69, 9.17) is 4.74 Å².